The third-order valence-electron chi connectivity index (χ3n) is 4.81. The number of aryl methyl sites for hydroxylation is 2. The van der Waals surface area contributed by atoms with Crippen LogP contribution in [-0.4, -0.2) is 26.8 Å². The molecule has 1 N–H and O–H groups in total. The predicted octanol–water partition coefficient (Wildman–Crippen LogP) is 4.85. The lowest BCUT2D eigenvalue weighted by atomic mass is 10.1. The molecule has 162 valence electrons. The van der Waals surface area contributed by atoms with E-state index >= 15 is 0 Å². The van der Waals surface area contributed by atoms with Crippen molar-refractivity contribution < 1.29 is 23.1 Å². The molecular weight excluding hydrogens is 409 g/mol. The summed E-state index contributed by atoms with van der Waals surface area (Å²) in [5.41, 5.74) is 2.31. The van der Waals surface area contributed by atoms with Crippen molar-refractivity contribution in [3.05, 3.63) is 87.5 Å². The molecule has 1 heterocycles. The van der Waals surface area contributed by atoms with Crippen molar-refractivity contribution in [2.45, 2.75) is 38.9 Å². The largest absolute Gasteiger partial charge is 0.478 e. The average Bonchev–Trinajstić information content (AvgIpc) is 2.70. The van der Waals surface area contributed by atoms with E-state index in [1.165, 1.54) is 22.8 Å². The molecule has 8 heteroatoms. The molecule has 0 atom stereocenters. The number of alkyl halides is 3. The van der Waals surface area contributed by atoms with Crippen LogP contribution in [0, 0.1) is 6.92 Å². The zero-order valence-corrected chi connectivity index (χ0v) is 16.8. The Labute approximate surface area is 176 Å². The second kappa shape index (κ2) is 9.16. The maximum atomic E-state index is 12.9. The maximum Gasteiger partial charge on any atom is 0.389 e. The lowest BCUT2D eigenvalue weighted by Crippen LogP contribution is -2.26. The number of hydrogen-bond acceptors (Lipinski definition) is 3. The molecule has 0 fully saturated rings. The Hall–Kier alpha value is -3.42. The molecule has 5 nitrogen and oxygen atoms in total. The van der Waals surface area contributed by atoms with Crippen molar-refractivity contribution in [1.29, 1.82) is 0 Å². The molecule has 0 aliphatic heterocycles. The summed E-state index contributed by atoms with van der Waals surface area (Å²) in [5.74, 6) is -0.875. The van der Waals surface area contributed by atoms with E-state index in [0.29, 0.717) is 16.8 Å². The first-order chi connectivity index (χ1) is 14.6. The summed E-state index contributed by atoms with van der Waals surface area (Å²) in [4.78, 5) is 28.6. The van der Waals surface area contributed by atoms with Gasteiger partial charge in [0.15, 0.2) is 0 Å². The Morgan fingerprint density at radius 3 is 2.45 bits per heavy atom. The molecule has 0 aliphatic rings. The molecule has 0 saturated heterocycles. The van der Waals surface area contributed by atoms with Gasteiger partial charge in [-0.2, -0.15) is 13.2 Å². The van der Waals surface area contributed by atoms with E-state index in [2.05, 4.69) is 4.98 Å². The van der Waals surface area contributed by atoms with E-state index < -0.39 is 24.1 Å². The van der Waals surface area contributed by atoms with E-state index in [0.717, 1.165) is 5.56 Å². The fraction of sp³-hybridized carbons (Fsp3) is 0.261. The minimum absolute atomic E-state index is 0.0164. The topological polar surface area (TPSA) is 72.2 Å². The molecule has 0 bridgehead atoms. The van der Waals surface area contributed by atoms with Gasteiger partial charge in [-0.1, -0.05) is 42.0 Å². The Kier molecular flexibility index (Phi) is 6.58. The van der Waals surface area contributed by atoms with Gasteiger partial charge in [-0.15, -0.1) is 0 Å². The van der Waals surface area contributed by atoms with Crippen LogP contribution < -0.4 is 5.56 Å². The van der Waals surface area contributed by atoms with Crippen LogP contribution in [0.1, 0.15) is 40.2 Å². The number of carboxylic acid groups (broad SMARTS) is 1. The van der Waals surface area contributed by atoms with E-state index in [9.17, 15) is 27.9 Å². The molecule has 0 amide bonds. The van der Waals surface area contributed by atoms with Gasteiger partial charge in [0.1, 0.15) is 5.82 Å². The van der Waals surface area contributed by atoms with Crippen LogP contribution in [0.2, 0.25) is 0 Å². The van der Waals surface area contributed by atoms with Crippen LogP contribution >= 0.6 is 0 Å². The second-order valence-corrected chi connectivity index (χ2v) is 7.32. The normalized spacial score (nSPS) is 11.5. The second-order valence-electron chi connectivity index (χ2n) is 7.32. The van der Waals surface area contributed by atoms with Gasteiger partial charge in [0.25, 0.3) is 5.56 Å². The molecular formula is C23H21F3N2O3. The molecule has 0 radical (unpaired) electrons. The molecule has 0 saturated carbocycles. The SMILES string of the molecule is Cc1ccc(-c2cc(=O)n(Cc3cccc(C(=O)O)c3)c(CCCC(F)(F)F)n2)cc1. The van der Waals surface area contributed by atoms with Crippen LogP contribution in [0.15, 0.2) is 59.4 Å². The monoisotopic (exact) mass is 430 g/mol. The van der Waals surface area contributed by atoms with Crippen molar-refractivity contribution in [3.8, 4) is 11.3 Å². The quantitative estimate of drug-likeness (QED) is 0.582. The Bertz CT molecular complexity index is 1140. The molecule has 0 spiro atoms. The number of carbonyl (C=O) groups is 1. The van der Waals surface area contributed by atoms with Gasteiger partial charge >= 0.3 is 12.1 Å². The van der Waals surface area contributed by atoms with Crippen LogP contribution in [0.25, 0.3) is 11.3 Å². The van der Waals surface area contributed by atoms with Gasteiger partial charge in [-0.3, -0.25) is 9.36 Å². The number of aromatic carboxylic acids is 1. The average molecular weight is 430 g/mol. The standard InChI is InChI=1S/C23H21F3N2O3/c1-15-7-9-17(10-8-15)19-13-21(29)28(20(27-19)6-3-11-23(24,25)26)14-16-4-2-5-18(12-16)22(30)31/h2,4-5,7-10,12-13H,3,6,11,14H2,1H3,(H,30,31). The summed E-state index contributed by atoms with van der Waals surface area (Å²) in [6.45, 7) is 1.94. The number of aromatic nitrogens is 2. The minimum Gasteiger partial charge on any atom is -0.478 e. The summed E-state index contributed by atoms with van der Waals surface area (Å²) in [7, 11) is 0. The number of carboxylic acids is 1. The molecule has 2 aromatic carbocycles. The first-order valence-corrected chi connectivity index (χ1v) is 9.69. The summed E-state index contributed by atoms with van der Waals surface area (Å²) in [6.07, 6.45) is -5.52. The molecule has 3 rings (SSSR count). The van der Waals surface area contributed by atoms with Crippen molar-refractivity contribution in [3.63, 3.8) is 0 Å². The third kappa shape index (κ3) is 6.04. The first-order valence-electron chi connectivity index (χ1n) is 9.69. The van der Waals surface area contributed by atoms with Crippen molar-refractivity contribution in [2.75, 3.05) is 0 Å². The Morgan fingerprint density at radius 1 is 1.10 bits per heavy atom. The molecule has 0 aliphatic carbocycles. The highest BCUT2D eigenvalue weighted by Gasteiger charge is 2.26. The summed E-state index contributed by atoms with van der Waals surface area (Å²) >= 11 is 0. The minimum atomic E-state index is -4.30. The van der Waals surface area contributed by atoms with Gasteiger partial charge in [-0.05, 0) is 31.0 Å². The zero-order valence-electron chi connectivity index (χ0n) is 16.8. The molecule has 0 unspecified atom stereocenters. The summed E-state index contributed by atoms with van der Waals surface area (Å²) in [5, 5.41) is 9.17. The first kappa shape index (κ1) is 22.3. The Morgan fingerprint density at radius 2 is 1.81 bits per heavy atom. The molecule has 3 aromatic rings. The predicted molar refractivity (Wildman–Crippen MR) is 110 cm³/mol. The van der Waals surface area contributed by atoms with Crippen LogP contribution in [0.3, 0.4) is 0 Å². The lowest BCUT2D eigenvalue weighted by Gasteiger charge is -2.15. The van der Waals surface area contributed by atoms with Crippen LogP contribution in [0.5, 0.6) is 0 Å². The lowest BCUT2D eigenvalue weighted by molar-refractivity contribution is -0.135. The van der Waals surface area contributed by atoms with Crippen molar-refractivity contribution in [1.82, 2.24) is 9.55 Å². The summed E-state index contributed by atoms with van der Waals surface area (Å²) in [6, 6.07) is 14.8. The van der Waals surface area contributed by atoms with Crippen LogP contribution in [-0.2, 0) is 13.0 Å². The molecule has 1 aromatic heterocycles. The smallest absolute Gasteiger partial charge is 0.389 e. The molecule has 31 heavy (non-hydrogen) atoms. The highest BCUT2D eigenvalue weighted by molar-refractivity contribution is 5.87. The van der Waals surface area contributed by atoms with E-state index in [1.807, 2.05) is 19.1 Å². The number of nitrogens with zero attached hydrogens (tertiary/aromatic N) is 2. The fourth-order valence-electron chi connectivity index (χ4n) is 3.22. The van der Waals surface area contributed by atoms with E-state index in [-0.39, 0.29) is 30.8 Å². The third-order valence-corrected chi connectivity index (χ3v) is 4.81. The number of rotatable bonds is 7. The summed E-state index contributed by atoms with van der Waals surface area (Å²) < 4.78 is 39.2. The highest BCUT2D eigenvalue weighted by Crippen LogP contribution is 2.23. The van der Waals surface area contributed by atoms with Gasteiger partial charge in [0, 0.05) is 24.5 Å². The van der Waals surface area contributed by atoms with E-state index in [1.54, 1.807) is 24.3 Å². The van der Waals surface area contributed by atoms with Gasteiger partial charge in [-0.25, -0.2) is 9.78 Å². The fourth-order valence-corrected chi connectivity index (χ4v) is 3.22. The van der Waals surface area contributed by atoms with Crippen molar-refractivity contribution >= 4 is 5.97 Å². The van der Waals surface area contributed by atoms with Gasteiger partial charge in [0.05, 0.1) is 17.8 Å². The maximum absolute atomic E-state index is 12.9. The Balaban J connectivity index is 1.99. The number of benzene rings is 2. The van der Waals surface area contributed by atoms with Crippen LogP contribution in [0.4, 0.5) is 13.2 Å². The highest BCUT2D eigenvalue weighted by atomic mass is 19.4. The van der Waals surface area contributed by atoms with Gasteiger partial charge < -0.3 is 5.11 Å². The number of hydrogen-bond donors (Lipinski definition) is 1. The van der Waals surface area contributed by atoms with Gasteiger partial charge in [0.2, 0.25) is 0 Å². The van der Waals surface area contributed by atoms with Crippen molar-refractivity contribution in [2.24, 2.45) is 0 Å². The number of halogens is 3. The zero-order chi connectivity index (χ0) is 22.6. The van der Waals surface area contributed by atoms with E-state index in [4.69, 9.17) is 0 Å².